The molecule has 13 heteroatoms. The van der Waals surface area contributed by atoms with Crippen LogP contribution in [-0.2, 0) is 39.8 Å². The number of rotatable bonds is 21. The van der Waals surface area contributed by atoms with Gasteiger partial charge in [0.15, 0.2) is 0 Å². The highest BCUT2D eigenvalue weighted by Crippen LogP contribution is 2.31. The molecule has 0 aromatic heterocycles. The van der Waals surface area contributed by atoms with Crippen LogP contribution < -0.4 is 16.0 Å². The van der Waals surface area contributed by atoms with E-state index in [0.29, 0.717) is 25.9 Å². The molecule has 0 radical (unpaired) electrons. The Hall–Kier alpha value is -3.13. The van der Waals surface area contributed by atoms with Crippen molar-refractivity contribution >= 4 is 23.6 Å². The summed E-state index contributed by atoms with van der Waals surface area (Å²) in [4.78, 5) is 58.3. The van der Waals surface area contributed by atoms with E-state index in [9.17, 15) is 23.6 Å². The Morgan fingerprint density at radius 1 is 0.981 bits per heavy atom. The number of carbonyl (C=O) groups excluding carboxylic acids is 4. The van der Waals surface area contributed by atoms with E-state index in [-0.39, 0.29) is 59.7 Å². The molecule has 0 saturated carbocycles. The van der Waals surface area contributed by atoms with Crippen molar-refractivity contribution in [2.45, 2.75) is 117 Å². The van der Waals surface area contributed by atoms with Gasteiger partial charge in [0.2, 0.25) is 23.6 Å². The highest BCUT2D eigenvalue weighted by molar-refractivity contribution is 5.90. The van der Waals surface area contributed by atoms with Crippen molar-refractivity contribution < 1.29 is 37.8 Å². The molecule has 1 aliphatic heterocycles. The Labute approximate surface area is 311 Å². The second-order valence-corrected chi connectivity index (χ2v) is 14.9. The van der Waals surface area contributed by atoms with Crippen molar-refractivity contribution in [3.8, 4) is 0 Å². The van der Waals surface area contributed by atoms with Crippen LogP contribution in [0.25, 0.3) is 0 Å². The average Bonchev–Trinajstić information content (AvgIpc) is 3.54. The molecule has 2 rings (SSSR count). The predicted molar refractivity (Wildman–Crippen MR) is 200 cm³/mol. The first-order valence-electron chi connectivity index (χ1n) is 18.7. The third kappa shape index (κ3) is 11.9. The van der Waals surface area contributed by atoms with Gasteiger partial charge in [0.25, 0.3) is 0 Å². The molecule has 1 aromatic rings. The molecule has 52 heavy (non-hydrogen) atoms. The van der Waals surface area contributed by atoms with E-state index in [1.165, 1.54) is 19.2 Å². The van der Waals surface area contributed by atoms with Crippen LogP contribution in [0.3, 0.4) is 0 Å². The molecule has 1 saturated heterocycles. The number of hydrogen-bond acceptors (Lipinski definition) is 8. The molecule has 0 unspecified atom stereocenters. The minimum atomic E-state index is -0.777. The summed E-state index contributed by atoms with van der Waals surface area (Å²) in [5.41, 5.74) is 0.778. The average molecular weight is 736 g/mol. The van der Waals surface area contributed by atoms with E-state index in [0.717, 1.165) is 12.0 Å². The van der Waals surface area contributed by atoms with Gasteiger partial charge in [-0.1, -0.05) is 67.0 Å². The number of nitrogens with zero attached hydrogens (tertiary/aromatic N) is 2. The Bertz CT molecular complexity index is 1300. The van der Waals surface area contributed by atoms with Gasteiger partial charge in [0.1, 0.15) is 11.9 Å². The molecule has 296 valence electrons. The lowest BCUT2D eigenvalue weighted by atomic mass is 9.89. The number of likely N-dealkylation sites (tertiary alicyclic amines) is 1. The van der Waals surface area contributed by atoms with Crippen LogP contribution >= 0.6 is 0 Å². The van der Waals surface area contributed by atoms with Crippen LogP contribution in [0.4, 0.5) is 4.39 Å². The molecular weight excluding hydrogens is 669 g/mol. The number of ether oxygens (including phenoxy) is 3. The minimum absolute atomic E-state index is 0.0193. The normalized spacial score (nSPS) is 20.2. The highest BCUT2D eigenvalue weighted by Gasteiger charge is 2.45. The first-order valence-corrected chi connectivity index (χ1v) is 18.7. The van der Waals surface area contributed by atoms with E-state index in [2.05, 4.69) is 16.0 Å². The predicted octanol–water partition coefficient (Wildman–Crippen LogP) is 3.41. The van der Waals surface area contributed by atoms with Crippen molar-refractivity contribution in [2.75, 3.05) is 48.5 Å². The fraction of sp³-hybridized carbons (Fsp3) is 0.744. The molecule has 0 bridgehead atoms. The fourth-order valence-corrected chi connectivity index (χ4v) is 7.38. The Morgan fingerprint density at radius 3 is 2.15 bits per heavy atom. The lowest BCUT2D eigenvalue weighted by Gasteiger charge is -2.41. The summed E-state index contributed by atoms with van der Waals surface area (Å²) in [6.07, 6.45) is 0.108. The Kier molecular flexibility index (Phi) is 18.7. The van der Waals surface area contributed by atoms with E-state index in [4.69, 9.17) is 14.2 Å². The van der Waals surface area contributed by atoms with E-state index < -0.39 is 42.3 Å². The monoisotopic (exact) mass is 735 g/mol. The van der Waals surface area contributed by atoms with Gasteiger partial charge in [-0.05, 0) is 55.3 Å². The zero-order valence-electron chi connectivity index (χ0n) is 33.5. The van der Waals surface area contributed by atoms with Gasteiger partial charge in [-0.2, -0.15) is 0 Å². The van der Waals surface area contributed by atoms with Crippen LogP contribution in [0.1, 0.15) is 73.3 Å². The summed E-state index contributed by atoms with van der Waals surface area (Å²) >= 11 is 0. The maximum atomic E-state index is 14.3. The molecular formula is C39H66FN5O7. The van der Waals surface area contributed by atoms with Crippen LogP contribution in [0, 0.1) is 29.5 Å². The SMILES string of the molecule is CC[C@H](C)[C@@H]([C@H](CC(=O)N1C[C@H](OC)C[C@@H]1[C@H](OC)[C@@H](C)C(=O)NCCc1cccc(F)c1)OC)N(C)C(=O)[C@@H](NC(=O)[C@@H](NC)C(C)C)C(C)C. The summed E-state index contributed by atoms with van der Waals surface area (Å²) in [7, 11) is 8.11. The van der Waals surface area contributed by atoms with Crippen molar-refractivity contribution in [2.24, 2.45) is 23.7 Å². The van der Waals surface area contributed by atoms with Crippen LogP contribution in [0.2, 0.25) is 0 Å². The lowest BCUT2D eigenvalue weighted by molar-refractivity contribution is -0.147. The van der Waals surface area contributed by atoms with Gasteiger partial charge in [0.05, 0.1) is 48.8 Å². The third-order valence-corrected chi connectivity index (χ3v) is 10.7. The number of halogens is 1. The molecule has 12 nitrogen and oxygen atoms in total. The summed E-state index contributed by atoms with van der Waals surface area (Å²) in [5.74, 6) is -2.07. The smallest absolute Gasteiger partial charge is 0.245 e. The van der Waals surface area contributed by atoms with Crippen LogP contribution in [0.5, 0.6) is 0 Å². The van der Waals surface area contributed by atoms with Crippen LogP contribution in [-0.4, -0.2) is 124 Å². The molecule has 1 heterocycles. The summed E-state index contributed by atoms with van der Waals surface area (Å²) in [6, 6.07) is 4.11. The van der Waals surface area contributed by atoms with Gasteiger partial charge in [-0.25, -0.2) is 4.39 Å². The third-order valence-electron chi connectivity index (χ3n) is 10.7. The molecule has 1 fully saturated rings. The van der Waals surface area contributed by atoms with Gasteiger partial charge < -0.3 is 40.0 Å². The van der Waals surface area contributed by atoms with E-state index in [1.54, 1.807) is 51.1 Å². The Morgan fingerprint density at radius 2 is 1.63 bits per heavy atom. The molecule has 0 spiro atoms. The van der Waals surface area contributed by atoms with E-state index >= 15 is 0 Å². The maximum Gasteiger partial charge on any atom is 0.245 e. The van der Waals surface area contributed by atoms with Gasteiger partial charge in [-0.3, -0.25) is 19.2 Å². The number of methoxy groups -OCH3 is 3. The van der Waals surface area contributed by atoms with Gasteiger partial charge in [-0.15, -0.1) is 0 Å². The maximum absolute atomic E-state index is 14.3. The minimum Gasteiger partial charge on any atom is -0.380 e. The number of likely N-dealkylation sites (N-methyl/N-ethyl adjacent to an activating group) is 2. The number of benzene rings is 1. The highest BCUT2D eigenvalue weighted by atomic mass is 19.1. The van der Waals surface area contributed by atoms with Crippen molar-refractivity contribution in [3.63, 3.8) is 0 Å². The standard InChI is InChI=1S/C39H66FN5O7/c1-13-25(6)35(44(9)39(49)34(24(4)5)43-38(48)33(41-8)23(2)3)31(51-11)21-32(46)45-22-29(50-10)20-30(45)36(52-12)26(7)37(47)42-18-17-27-15-14-16-28(40)19-27/h14-16,19,23-26,29-31,33-36,41H,13,17-18,20-22H2,1-12H3,(H,42,47)(H,43,48)/t25-,26+,29+,30+,31-,33-,34-,35-,36+/m0/s1. The second kappa shape index (κ2) is 21.5. The number of hydrogen-bond donors (Lipinski definition) is 3. The molecule has 0 aliphatic carbocycles. The quantitative estimate of drug-likeness (QED) is 0.175. The summed E-state index contributed by atoms with van der Waals surface area (Å²) in [5, 5.41) is 8.96. The summed E-state index contributed by atoms with van der Waals surface area (Å²) in [6.45, 7) is 14.1. The first-order chi connectivity index (χ1) is 24.6. The van der Waals surface area contributed by atoms with Crippen molar-refractivity contribution in [1.82, 2.24) is 25.8 Å². The lowest BCUT2D eigenvalue weighted by Crippen LogP contribution is -2.59. The Balaban J connectivity index is 2.28. The zero-order valence-corrected chi connectivity index (χ0v) is 33.5. The molecule has 3 N–H and O–H groups in total. The number of amides is 4. The van der Waals surface area contributed by atoms with E-state index in [1.807, 2.05) is 47.6 Å². The van der Waals surface area contributed by atoms with Gasteiger partial charge in [0, 0.05) is 41.5 Å². The molecule has 1 aromatic carbocycles. The fourth-order valence-electron chi connectivity index (χ4n) is 7.38. The zero-order chi connectivity index (χ0) is 39.3. The first kappa shape index (κ1) is 45.0. The van der Waals surface area contributed by atoms with Crippen molar-refractivity contribution in [1.29, 1.82) is 0 Å². The second-order valence-electron chi connectivity index (χ2n) is 14.9. The van der Waals surface area contributed by atoms with Crippen LogP contribution in [0.15, 0.2) is 24.3 Å². The number of nitrogens with one attached hydrogen (secondary N) is 3. The number of carbonyl (C=O) groups is 4. The van der Waals surface area contributed by atoms with Gasteiger partial charge >= 0.3 is 0 Å². The molecule has 1 aliphatic rings. The largest absolute Gasteiger partial charge is 0.380 e. The topological polar surface area (TPSA) is 139 Å². The van der Waals surface area contributed by atoms with Crippen molar-refractivity contribution in [3.05, 3.63) is 35.6 Å². The summed E-state index contributed by atoms with van der Waals surface area (Å²) < 4.78 is 31.2. The molecule has 4 amide bonds. The molecule has 9 atom stereocenters.